The van der Waals surface area contributed by atoms with Crippen molar-refractivity contribution < 1.29 is 22.0 Å². The van der Waals surface area contributed by atoms with Gasteiger partial charge in [0.25, 0.3) is 0 Å². The Morgan fingerprint density at radius 2 is 1.86 bits per heavy atom. The van der Waals surface area contributed by atoms with Gasteiger partial charge in [0, 0.05) is 41.3 Å². The number of benzene rings is 2. The highest BCUT2D eigenvalue weighted by Gasteiger charge is 2.29. The van der Waals surface area contributed by atoms with Gasteiger partial charge < -0.3 is 10.3 Å². The first-order valence-corrected chi connectivity index (χ1v) is 15.9. The predicted molar refractivity (Wildman–Crippen MR) is 162 cm³/mol. The number of amides is 1. The number of aromatic nitrogens is 6. The number of hydrogen-bond acceptors (Lipinski definition) is 7. The van der Waals surface area contributed by atoms with Crippen molar-refractivity contribution in [2.45, 2.75) is 19.3 Å². The summed E-state index contributed by atoms with van der Waals surface area (Å²) < 4.78 is 54.1. The van der Waals surface area contributed by atoms with Gasteiger partial charge in [0.05, 0.1) is 39.8 Å². The molecule has 0 aliphatic heterocycles. The normalized spacial score (nSPS) is 13.5. The molecule has 1 fully saturated rings. The summed E-state index contributed by atoms with van der Waals surface area (Å²) in [5.74, 6) is -0.970. The van der Waals surface area contributed by atoms with Gasteiger partial charge in [0.2, 0.25) is 5.91 Å². The summed E-state index contributed by atoms with van der Waals surface area (Å²) in [6.45, 7) is 0. The molecule has 1 amide bonds. The molecule has 0 radical (unpaired) electrons. The summed E-state index contributed by atoms with van der Waals surface area (Å²) in [6.07, 6.45) is 7.61. The number of hydrogen-bond donors (Lipinski definition) is 3. The Morgan fingerprint density at radius 3 is 2.66 bits per heavy atom. The number of carbonyl (C=O) groups is 1. The number of pyridine rings is 2. The van der Waals surface area contributed by atoms with Crippen LogP contribution in [0.3, 0.4) is 0 Å². The average molecular weight is 614 g/mol. The average Bonchev–Trinajstić information content (AvgIpc) is 3.60. The summed E-state index contributed by atoms with van der Waals surface area (Å²) in [7, 11) is -3.24. The lowest BCUT2D eigenvalue weighted by molar-refractivity contribution is -0.117. The second-order valence-electron chi connectivity index (χ2n) is 11.0. The zero-order chi connectivity index (χ0) is 30.6. The smallest absolute Gasteiger partial charge is 0.227 e. The Hall–Kier alpha value is -5.04. The van der Waals surface area contributed by atoms with Gasteiger partial charge in [-0.25, -0.2) is 22.2 Å². The number of nitrogens with zero attached hydrogens (tertiary/aromatic N) is 4. The van der Waals surface area contributed by atoms with E-state index in [9.17, 15) is 17.6 Å². The van der Waals surface area contributed by atoms with Crippen LogP contribution in [-0.4, -0.2) is 56.5 Å². The number of nitrogens with one attached hydrogen (secondary N) is 3. The van der Waals surface area contributed by atoms with E-state index in [0.29, 0.717) is 44.6 Å². The van der Waals surface area contributed by atoms with Crippen LogP contribution in [0, 0.1) is 17.6 Å². The number of imidazole rings is 1. The van der Waals surface area contributed by atoms with E-state index in [2.05, 4.69) is 30.5 Å². The molecular formula is C31H25F2N7O3S. The van der Waals surface area contributed by atoms with Crippen molar-refractivity contribution in [3.8, 4) is 33.9 Å². The third-order valence-electron chi connectivity index (χ3n) is 7.55. The van der Waals surface area contributed by atoms with Crippen LogP contribution < -0.4 is 5.32 Å². The van der Waals surface area contributed by atoms with Crippen LogP contribution in [0.5, 0.6) is 0 Å². The minimum Gasteiger partial charge on any atom is -0.336 e. The standard InChI is InChI=1S/C31H25F2N7O3S/c1-44(42,43)9-7-16-10-18(12-20(32)11-16)27-28-24(6-8-35-27)37-30(38-28)29-25-23(39-40-29)5-4-22(26(25)33)19-13-21(15-34-14-19)36-31(41)17-2-3-17/h4-6,8,10-15,17H,2-3,7,9H2,1H3,(H,36,41)(H,37,38)(H,39,40). The van der Waals surface area contributed by atoms with Crippen molar-refractivity contribution in [2.24, 2.45) is 5.92 Å². The summed E-state index contributed by atoms with van der Waals surface area (Å²) in [6, 6.07) is 11.0. The lowest BCUT2D eigenvalue weighted by Gasteiger charge is -2.08. The second-order valence-corrected chi connectivity index (χ2v) is 13.3. The van der Waals surface area contributed by atoms with E-state index >= 15 is 4.39 Å². The fourth-order valence-electron chi connectivity index (χ4n) is 5.21. The molecule has 0 atom stereocenters. The first-order chi connectivity index (χ1) is 21.1. The van der Waals surface area contributed by atoms with Crippen molar-refractivity contribution in [2.75, 3.05) is 17.3 Å². The predicted octanol–water partition coefficient (Wildman–Crippen LogP) is 5.44. The summed E-state index contributed by atoms with van der Waals surface area (Å²) in [4.78, 5) is 28.7. The highest BCUT2D eigenvalue weighted by atomic mass is 32.2. The van der Waals surface area contributed by atoms with Crippen LogP contribution >= 0.6 is 0 Å². The van der Waals surface area contributed by atoms with Crippen molar-refractivity contribution in [3.05, 3.63) is 78.3 Å². The molecule has 3 N–H and O–H groups in total. The lowest BCUT2D eigenvalue weighted by atomic mass is 10.0. The van der Waals surface area contributed by atoms with Crippen LogP contribution in [0.1, 0.15) is 18.4 Å². The Balaban J connectivity index is 1.27. The molecule has 0 bridgehead atoms. The zero-order valence-electron chi connectivity index (χ0n) is 23.4. The molecule has 2 aromatic carbocycles. The van der Waals surface area contributed by atoms with Gasteiger partial charge >= 0.3 is 0 Å². The van der Waals surface area contributed by atoms with Gasteiger partial charge in [-0.1, -0.05) is 0 Å². The molecule has 4 heterocycles. The molecule has 222 valence electrons. The fraction of sp³-hybridized carbons (Fsp3) is 0.194. The molecule has 6 aromatic rings. The van der Waals surface area contributed by atoms with Gasteiger partial charge in [-0.15, -0.1) is 0 Å². The highest BCUT2D eigenvalue weighted by Crippen LogP contribution is 2.36. The van der Waals surface area contributed by atoms with E-state index in [1.165, 1.54) is 24.5 Å². The van der Waals surface area contributed by atoms with E-state index in [4.69, 9.17) is 4.98 Å². The second kappa shape index (κ2) is 10.6. The monoisotopic (exact) mass is 613 g/mol. The third kappa shape index (κ3) is 5.41. The number of halogens is 2. The minimum absolute atomic E-state index is 0.0163. The molecular weight excluding hydrogens is 588 g/mol. The van der Waals surface area contributed by atoms with Gasteiger partial charge in [0.15, 0.2) is 5.82 Å². The first-order valence-electron chi connectivity index (χ1n) is 13.9. The molecule has 1 aliphatic carbocycles. The lowest BCUT2D eigenvalue weighted by Crippen LogP contribution is -2.13. The maximum absolute atomic E-state index is 16.2. The van der Waals surface area contributed by atoms with E-state index < -0.39 is 21.5 Å². The topological polar surface area (TPSA) is 146 Å². The van der Waals surface area contributed by atoms with E-state index in [1.807, 2.05) is 0 Å². The van der Waals surface area contributed by atoms with Gasteiger partial charge in [-0.3, -0.25) is 19.9 Å². The Labute approximate surface area is 249 Å². The molecule has 10 nitrogen and oxygen atoms in total. The van der Waals surface area contributed by atoms with E-state index in [1.54, 1.807) is 36.5 Å². The first kappa shape index (κ1) is 27.8. The number of aryl methyl sites for hydroxylation is 1. The van der Waals surface area contributed by atoms with Crippen LogP contribution in [0.15, 0.2) is 61.1 Å². The van der Waals surface area contributed by atoms with Gasteiger partial charge in [-0.2, -0.15) is 5.10 Å². The third-order valence-corrected chi connectivity index (χ3v) is 8.50. The molecule has 13 heteroatoms. The van der Waals surface area contributed by atoms with E-state index in [-0.39, 0.29) is 46.5 Å². The molecule has 0 unspecified atom stereocenters. The molecule has 0 spiro atoms. The summed E-state index contributed by atoms with van der Waals surface area (Å²) in [5.41, 5.74) is 4.24. The van der Waals surface area contributed by atoms with Crippen LogP contribution in [0.2, 0.25) is 0 Å². The quantitative estimate of drug-likeness (QED) is 0.207. The number of anilines is 1. The Bertz CT molecular complexity index is 2210. The molecule has 7 rings (SSSR count). The number of carbonyl (C=O) groups excluding carboxylic acids is 1. The number of fused-ring (bicyclic) bond motifs is 2. The largest absolute Gasteiger partial charge is 0.336 e. The zero-order valence-corrected chi connectivity index (χ0v) is 24.2. The van der Waals surface area contributed by atoms with Crippen molar-refractivity contribution in [1.82, 2.24) is 30.1 Å². The van der Waals surface area contributed by atoms with Crippen LogP contribution in [0.25, 0.3) is 55.8 Å². The molecule has 0 saturated heterocycles. The minimum atomic E-state index is -3.24. The highest BCUT2D eigenvalue weighted by molar-refractivity contribution is 7.90. The molecule has 1 aliphatic rings. The van der Waals surface area contributed by atoms with Crippen LogP contribution in [0.4, 0.5) is 14.5 Å². The van der Waals surface area contributed by atoms with Gasteiger partial charge in [-0.05, 0) is 67.3 Å². The summed E-state index contributed by atoms with van der Waals surface area (Å²) >= 11 is 0. The maximum atomic E-state index is 16.2. The number of aromatic amines is 2. The van der Waals surface area contributed by atoms with Crippen molar-refractivity contribution in [1.29, 1.82) is 0 Å². The Morgan fingerprint density at radius 1 is 1.02 bits per heavy atom. The van der Waals surface area contributed by atoms with Crippen LogP contribution in [-0.2, 0) is 21.1 Å². The molecule has 1 saturated carbocycles. The number of H-pyrrole nitrogens is 2. The van der Waals surface area contributed by atoms with Crippen molar-refractivity contribution >= 4 is 43.4 Å². The fourth-order valence-corrected chi connectivity index (χ4v) is 5.81. The molecule has 4 aromatic heterocycles. The maximum Gasteiger partial charge on any atom is 0.227 e. The number of sulfone groups is 1. The molecule has 44 heavy (non-hydrogen) atoms. The van der Waals surface area contributed by atoms with E-state index in [0.717, 1.165) is 19.1 Å². The SMILES string of the molecule is CS(=O)(=O)CCc1cc(F)cc(-c2nccc3[nH]c(-c4n[nH]c5ccc(-c6cncc(NC(=O)C7CC7)c6)c(F)c45)nc23)c1. The summed E-state index contributed by atoms with van der Waals surface area (Å²) in [5, 5.41) is 10.3. The van der Waals surface area contributed by atoms with Gasteiger partial charge in [0.1, 0.15) is 32.7 Å². The van der Waals surface area contributed by atoms with Crippen molar-refractivity contribution in [3.63, 3.8) is 0 Å². The Kier molecular flexibility index (Phi) is 6.69. The number of rotatable bonds is 8.